The van der Waals surface area contributed by atoms with Crippen LogP contribution in [0.1, 0.15) is 206 Å². The summed E-state index contributed by atoms with van der Waals surface area (Å²) >= 11 is 0. The SMILES string of the molecule is CCCCCCCCCCCCCCCCOC(=O)CCC(N)C(=O)OCCCCCCCCCCCCCCCC.Cl. The molecule has 0 aromatic rings. The van der Waals surface area contributed by atoms with E-state index in [1.807, 2.05) is 0 Å². The van der Waals surface area contributed by atoms with Crippen molar-refractivity contribution in [2.75, 3.05) is 13.2 Å². The molecule has 258 valence electrons. The molecule has 43 heavy (non-hydrogen) atoms. The fourth-order valence-electron chi connectivity index (χ4n) is 5.52. The van der Waals surface area contributed by atoms with Gasteiger partial charge < -0.3 is 15.2 Å². The third kappa shape index (κ3) is 35.5. The van der Waals surface area contributed by atoms with E-state index in [4.69, 9.17) is 15.2 Å². The Bertz CT molecular complexity index is 575. The van der Waals surface area contributed by atoms with E-state index < -0.39 is 12.0 Å². The van der Waals surface area contributed by atoms with Crippen LogP contribution in [0.25, 0.3) is 0 Å². The minimum absolute atomic E-state index is 0. The lowest BCUT2D eigenvalue weighted by Gasteiger charge is -2.11. The zero-order chi connectivity index (χ0) is 30.8. The number of ether oxygens (including phenoxy) is 2. The maximum absolute atomic E-state index is 12.1. The van der Waals surface area contributed by atoms with Crippen molar-refractivity contribution >= 4 is 24.3 Å². The number of esters is 2. The van der Waals surface area contributed by atoms with Crippen molar-refractivity contribution in [3.8, 4) is 0 Å². The van der Waals surface area contributed by atoms with Gasteiger partial charge in [0, 0.05) is 6.42 Å². The Morgan fingerprint density at radius 2 is 0.744 bits per heavy atom. The molecule has 0 spiro atoms. The molecule has 0 aromatic carbocycles. The summed E-state index contributed by atoms with van der Waals surface area (Å²) in [5, 5.41) is 0. The van der Waals surface area contributed by atoms with Crippen molar-refractivity contribution in [2.24, 2.45) is 5.73 Å². The van der Waals surface area contributed by atoms with Crippen molar-refractivity contribution < 1.29 is 19.1 Å². The van der Waals surface area contributed by atoms with Crippen LogP contribution in [0, 0.1) is 0 Å². The zero-order valence-corrected chi connectivity index (χ0v) is 29.6. The molecule has 0 aromatic heterocycles. The summed E-state index contributed by atoms with van der Waals surface area (Å²) in [7, 11) is 0. The van der Waals surface area contributed by atoms with Crippen LogP contribution in [-0.2, 0) is 19.1 Å². The van der Waals surface area contributed by atoms with Crippen molar-refractivity contribution in [3.05, 3.63) is 0 Å². The van der Waals surface area contributed by atoms with Crippen molar-refractivity contribution in [2.45, 2.75) is 213 Å². The van der Waals surface area contributed by atoms with Gasteiger partial charge in [0.2, 0.25) is 0 Å². The average Bonchev–Trinajstić information content (AvgIpc) is 2.99. The molecule has 5 nitrogen and oxygen atoms in total. The van der Waals surface area contributed by atoms with E-state index in [-0.39, 0.29) is 31.2 Å². The van der Waals surface area contributed by atoms with Gasteiger partial charge in [0.1, 0.15) is 6.04 Å². The topological polar surface area (TPSA) is 78.6 Å². The van der Waals surface area contributed by atoms with Crippen LogP contribution >= 0.6 is 12.4 Å². The van der Waals surface area contributed by atoms with Crippen LogP contribution in [0.2, 0.25) is 0 Å². The van der Waals surface area contributed by atoms with Gasteiger partial charge in [0.05, 0.1) is 13.2 Å². The molecule has 2 N–H and O–H groups in total. The summed E-state index contributed by atoms with van der Waals surface area (Å²) in [5.74, 6) is -0.663. The van der Waals surface area contributed by atoms with Gasteiger partial charge in [-0.25, -0.2) is 0 Å². The highest BCUT2D eigenvalue weighted by molar-refractivity contribution is 5.85. The molecule has 0 fully saturated rings. The van der Waals surface area contributed by atoms with Gasteiger partial charge in [-0.1, -0.05) is 181 Å². The van der Waals surface area contributed by atoms with Crippen LogP contribution in [-0.4, -0.2) is 31.2 Å². The predicted octanol–water partition coefficient (Wildman–Crippen LogP) is 11.6. The van der Waals surface area contributed by atoms with Gasteiger partial charge in [-0.3, -0.25) is 9.59 Å². The van der Waals surface area contributed by atoms with E-state index >= 15 is 0 Å². The van der Waals surface area contributed by atoms with Crippen LogP contribution in [0.5, 0.6) is 0 Å². The number of nitrogens with two attached hydrogens (primary N) is 1. The highest BCUT2D eigenvalue weighted by Crippen LogP contribution is 2.14. The number of unbranched alkanes of at least 4 members (excludes halogenated alkanes) is 26. The zero-order valence-electron chi connectivity index (χ0n) is 28.8. The van der Waals surface area contributed by atoms with Crippen molar-refractivity contribution in [1.29, 1.82) is 0 Å². The second-order valence-corrected chi connectivity index (χ2v) is 12.7. The molecule has 0 heterocycles. The van der Waals surface area contributed by atoms with E-state index in [1.165, 1.54) is 154 Å². The fourth-order valence-corrected chi connectivity index (χ4v) is 5.52. The number of hydrogen-bond acceptors (Lipinski definition) is 5. The van der Waals surface area contributed by atoms with Gasteiger partial charge in [0.25, 0.3) is 0 Å². The normalized spacial score (nSPS) is 11.7. The lowest BCUT2D eigenvalue weighted by molar-refractivity contribution is -0.146. The molecule has 0 aliphatic rings. The summed E-state index contributed by atoms with van der Waals surface area (Å²) < 4.78 is 10.6. The first-order valence-corrected chi connectivity index (χ1v) is 18.7. The predicted molar refractivity (Wildman–Crippen MR) is 187 cm³/mol. The van der Waals surface area contributed by atoms with E-state index in [1.54, 1.807) is 0 Å². The number of rotatable bonds is 34. The molecular formula is C37H74ClNO4. The Labute approximate surface area is 274 Å². The Morgan fingerprint density at radius 3 is 1.07 bits per heavy atom. The standard InChI is InChI=1S/C37H73NO4.ClH/c1-3-5-7-9-11-13-15-17-19-21-23-25-27-29-33-41-36(39)32-31-35(38)37(40)42-34-30-28-26-24-22-20-18-16-14-12-10-8-6-4-2;/h35H,3-34,38H2,1-2H3;1H. The molecule has 0 rings (SSSR count). The summed E-state index contributed by atoms with van der Waals surface area (Å²) in [6, 6.07) is -0.745. The summed E-state index contributed by atoms with van der Waals surface area (Å²) in [6.07, 6.45) is 37.0. The van der Waals surface area contributed by atoms with E-state index in [9.17, 15) is 9.59 Å². The second kappa shape index (κ2) is 37.4. The van der Waals surface area contributed by atoms with Crippen LogP contribution in [0.15, 0.2) is 0 Å². The average molecular weight is 632 g/mol. The van der Waals surface area contributed by atoms with Gasteiger partial charge in [-0.15, -0.1) is 12.4 Å². The molecule has 0 radical (unpaired) electrons. The molecule has 0 aliphatic heterocycles. The van der Waals surface area contributed by atoms with Crippen molar-refractivity contribution in [1.82, 2.24) is 0 Å². The smallest absolute Gasteiger partial charge is 0.322 e. The molecule has 6 heteroatoms. The quantitative estimate of drug-likeness (QED) is 0.0564. The van der Waals surface area contributed by atoms with Crippen LogP contribution in [0.4, 0.5) is 0 Å². The number of carbonyl (C=O) groups is 2. The number of hydrogen-bond donors (Lipinski definition) is 1. The van der Waals surface area contributed by atoms with E-state index in [2.05, 4.69) is 13.8 Å². The highest BCUT2D eigenvalue weighted by Gasteiger charge is 2.17. The van der Waals surface area contributed by atoms with Crippen molar-refractivity contribution in [3.63, 3.8) is 0 Å². The molecule has 0 bridgehead atoms. The Hall–Kier alpha value is -0.810. The molecular weight excluding hydrogens is 558 g/mol. The Kier molecular flexibility index (Phi) is 38.5. The summed E-state index contributed by atoms with van der Waals surface area (Å²) in [4.78, 5) is 24.1. The first kappa shape index (κ1) is 44.3. The summed E-state index contributed by atoms with van der Waals surface area (Å²) in [5.41, 5.74) is 5.93. The van der Waals surface area contributed by atoms with Gasteiger partial charge in [-0.05, 0) is 19.3 Å². The maximum Gasteiger partial charge on any atom is 0.322 e. The van der Waals surface area contributed by atoms with Gasteiger partial charge in [0.15, 0.2) is 0 Å². The second-order valence-electron chi connectivity index (χ2n) is 12.7. The molecule has 0 amide bonds. The Morgan fingerprint density at radius 1 is 0.465 bits per heavy atom. The van der Waals surface area contributed by atoms with Crippen LogP contribution in [0.3, 0.4) is 0 Å². The minimum atomic E-state index is -0.745. The number of carbonyl (C=O) groups excluding carboxylic acids is 2. The number of halogens is 1. The maximum atomic E-state index is 12.1. The van der Waals surface area contributed by atoms with E-state index in [0.29, 0.717) is 13.2 Å². The third-order valence-corrected chi connectivity index (χ3v) is 8.47. The molecule has 0 saturated carbocycles. The third-order valence-electron chi connectivity index (χ3n) is 8.47. The lowest BCUT2D eigenvalue weighted by atomic mass is 10.0. The molecule has 1 atom stereocenters. The first-order chi connectivity index (χ1) is 20.6. The molecule has 1 unspecified atom stereocenters. The Balaban J connectivity index is 0. The largest absolute Gasteiger partial charge is 0.466 e. The van der Waals surface area contributed by atoms with E-state index in [0.717, 1.165) is 25.7 Å². The van der Waals surface area contributed by atoms with Crippen LogP contribution < -0.4 is 5.73 Å². The van der Waals surface area contributed by atoms with Gasteiger partial charge >= 0.3 is 11.9 Å². The summed E-state index contributed by atoms with van der Waals surface area (Å²) in [6.45, 7) is 5.43. The molecule has 0 saturated heterocycles. The monoisotopic (exact) mass is 632 g/mol. The highest BCUT2D eigenvalue weighted by atomic mass is 35.5. The minimum Gasteiger partial charge on any atom is -0.466 e. The first-order valence-electron chi connectivity index (χ1n) is 18.7. The lowest BCUT2D eigenvalue weighted by Crippen LogP contribution is -2.33. The fraction of sp³-hybridized carbons (Fsp3) is 0.946. The molecule has 0 aliphatic carbocycles. The van der Waals surface area contributed by atoms with Gasteiger partial charge in [-0.2, -0.15) is 0 Å².